The van der Waals surface area contributed by atoms with E-state index in [4.69, 9.17) is 11.6 Å². The maximum atomic E-state index is 12.6. The zero-order valence-corrected chi connectivity index (χ0v) is 9.87. The SMILES string of the molecule is FC(F)c1nc(OC(F)(F)F)cc(CCl)c1C(F)(F)F. The van der Waals surface area contributed by atoms with Crippen molar-refractivity contribution in [1.29, 1.82) is 0 Å². The van der Waals surface area contributed by atoms with E-state index in [1.54, 1.807) is 0 Å². The minimum absolute atomic E-state index is 0.217. The van der Waals surface area contributed by atoms with Crippen LogP contribution in [0.2, 0.25) is 0 Å². The van der Waals surface area contributed by atoms with Crippen molar-refractivity contribution in [3.05, 3.63) is 22.9 Å². The molecule has 1 aromatic rings. The van der Waals surface area contributed by atoms with Gasteiger partial charge in [-0.2, -0.15) is 13.2 Å². The van der Waals surface area contributed by atoms with Gasteiger partial charge in [-0.25, -0.2) is 13.8 Å². The number of ether oxygens (including phenoxy) is 1. The maximum Gasteiger partial charge on any atom is 0.574 e. The van der Waals surface area contributed by atoms with Gasteiger partial charge in [0, 0.05) is 11.9 Å². The summed E-state index contributed by atoms with van der Waals surface area (Å²) in [7, 11) is 0. The zero-order chi connectivity index (χ0) is 15.7. The molecule has 0 atom stereocenters. The van der Waals surface area contributed by atoms with Crippen LogP contribution in [0.15, 0.2) is 6.07 Å². The fourth-order valence-corrected chi connectivity index (χ4v) is 1.56. The van der Waals surface area contributed by atoms with E-state index in [0.29, 0.717) is 0 Å². The molecule has 0 saturated carbocycles. The van der Waals surface area contributed by atoms with Gasteiger partial charge < -0.3 is 4.74 Å². The quantitative estimate of drug-likeness (QED) is 0.593. The zero-order valence-electron chi connectivity index (χ0n) is 9.12. The molecule has 0 unspecified atom stereocenters. The van der Waals surface area contributed by atoms with Gasteiger partial charge in [-0.1, -0.05) is 0 Å². The largest absolute Gasteiger partial charge is 0.574 e. The van der Waals surface area contributed by atoms with E-state index < -0.39 is 47.5 Å². The molecular formula is C9H4ClF8NO. The molecule has 0 N–H and O–H groups in total. The molecule has 2 nitrogen and oxygen atoms in total. The normalized spacial score (nSPS) is 12.9. The van der Waals surface area contributed by atoms with Crippen molar-refractivity contribution in [2.45, 2.75) is 24.8 Å². The summed E-state index contributed by atoms with van der Waals surface area (Å²) in [5.41, 5.74) is -4.71. The van der Waals surface area contributed by atoms with Crippen molar-refractivity contribution in [2.24, 2.45) is 0 Å². The molecule has 0 aliphatic carbocycles. The highest BCUT2D eigenvalue weighted by Gasteiger charge is 2.41. The van der Waals surface area contributed by atoms with Gasteiger partial charge in [-0.05, 0) is 5.56 Å². The lowest BCUT2D eigenvalue weighted by Crippen LogP contribution is -2.20. The Kier molecular flexibility index (Phi) is 4.67. The molecule has 0 saturated heterocycles. The Balaban J connectivity index is 3.47. The van der Waals surface area contributed by atoms with Gasteiger partial charge in [0.2, 0.25) is 5.88 Å². The highest BCUT2D eigenvalue weighted by molar-refractivity contribution is 6.17. The molecule has 0 fully saturated rings. The summed E-state index contributed by atoms with van der Waals surface area (Å²) < 4.78 is 102. The Bertz CT molecular complexity index is 484. The number of hydrogen-bond donors (Lipinski definition) is 0. The topological polar surface area (TPSA) is 22.1 Å². The molecule has 0 radical (unpaired) electrons. The molecule has 0 amide bonds. The van der Waals surface area contributed by atoms with Gasteiger partial charge in [-0.3, -0.25) is 0 Å². The summed E-state index contributed by atoms with van der Waals surface area (Å²) >= 11 is 5.15. The van der Waals surface area contributed by atoms with Crippen LogP contribution in [0.25, 0.3) is 0 Å². The summed E-state index contributed by atoms with van der Waals surface area (Å²) in [5, 5.41) is 0. The van der Waals surface area contributed by atoms with E-state index in [1.807, 2.05) is 0 Å². The van der Waals surface area contributed by atoms with E-state index in [-0.39, 0.29) is 6.07 Å². The summed E-state index contributed by atoms with van der Waals surface area (Å²) in [6, 6.07) is 0.217. The third-order valence-corrected chi connectivity index (χ3v) is 2.25. The highest BCUT2D eigenvalue weighted by Crippen LogP contribution is 2.40. The fourth-order valence-electron chi connectivity index (χ4n) is 1.35. The van der Waals surface area contributed by atoms with Crippen LogP contribution in [0.4, 0.5) is 35.1 Å². The lowest BCUT2D eigenvalue weighted by molar-refractivity contribution is -0.276. The van der Waals surface area contributed by atoms with Crippen molar-refractivity contribution in [3.8, 4) is 5.88 Å². The van der Waals surface area contributed by atoms with Crippen LogP contribution in [-0.4, -0.2) is 11.3 Å². The molecule has 0 aliphatic heterocycles. The molecule has 1 aromatic heterocycles. The number of nitrogens with zero attached hydrogens (tertiary/aromatic N) is 1. The summed E-state index contributed by atoms with van der Waals surface area (Å²) in [4.78, 5) is 2.56. The van der Waals surface area contributed by atoms with Crippen molar-refractivity contribution in [3.63, 3.8) is 0 Å². The highest BCUT2D eigenvalue weighted by atomic mass is 35.5. The van der Waals surface area contributed by atoms with E-state index in [2.05, 4.69) is 9.72 Å². The second kappa shape index (κ2) is 5.58. The number of hydrogen-bond acceptors (Lipinski definition) is 2. The van der Waals surface area contributed by atoms with Crippen LogP contribution in [0, 0.1) is 0 Å². The Morgan fingerprint density at radius 3 is 2.05 bits per heavy atom. The number of aromatic nitrogens is 1. The third kappa shape index (κ3) is 4.09. The Labute approximate surface area is 111 Å². The number of rotatable bonds is 3. The first-order valence-corrected chi connectivity index (χ1v) is 5.20. The fraction of sp³-hybridized carbons (Fsp3) is 0.444. The Hall–Kier alpha value is -1.32. The average Bonchev–Trinajstić information content (AvgIpc) is 2.23. The van der Waals surface area contributed by atoms with Crippen LogP contribution in [0.1, 0.15) is 23.2 Å². The molecule has 1 heterocycles. The molecule has 1 rings (SSSR count). The van der Waals surface area contributed by atoms with Crippen LogP contribution in [0.3, 0.4) is 0 Å². The maximum absolute atomic E-state index is 12.6. The molecule has 0 aliphatic rings. The number of pyridine rings is 1. The molecule has 20 heavy (non-hydrogen) atoms. The molecular weight excluding hydrogens is 326 g/mol. The molecule has 0 spiro atoms. The van der Waals surface area contributed by atoms with Crippen molar-refractivity contribution < 1.29 is 39.9 Å². The first kappa shape index (κ1) is 16.7. The van der Waals surface area contributed by atoms with Crippen LogP contribution in [0.5, 0.6) is 5.88 Å². The van der Waals surface area contributed by atoms with E-state index >= 15 is 0 Å². The predicted molar refractivity (Wildman–Crippen MR) is 50.4 cm³/mol. The van der Waals surface area contributed by atoms with Crippen molar-refractivity contribution >= 4 is 11.6 Å². The smallest absolute Gasteiger partial charge is 0.388 e. The second-order valence-corrected chi connectivity index (χ2v) is 3.63. The first-order valence-electron chi connectivity index (χ1n) is 4.66. The summed E-state index contributed by atoms with van der Waals surface area (Å²) in [5.74, 6) is -2.37. The minimum atomic E-state index is -5.28. The van der Waals surface area contributed by atoms with Gasteiger partial charge in [0.05, 0.1) is 5.56 Å². The molecule has 114 valence electrons. The summed E-state index contributed by atoms with van der Waals surface area (Å²) in [6.45, 7) is 0. The number of alkyl halides is 9. The number of halogens is 9. The summed E-state index contributed by atoms with van der Waals surface area (Å²) in [6.07, 6.45) is -14.3. The minimum Gasteiger partial charge on any atom is -0.388 e. The van der Waals surface area contributed by atoms with E-state index in [1.165, 1.54) is 0 Å². The van der Waals surface area contributed by atoms with Crippen LogP contribution >= 0.6 is 11.6 Å². The molecule has 11 heteroatoms. The third-order valence-electron chi connectivity index (χ3n) is 1.96. The van der Waals surface area contributed by atoms with E-state index in [9.17, 15) is 35.1 Å². The lowest BCUT2D eigenvalue weighted by atomic mass is 10.1. The van der Waals surface area contributed by atoms with E-state index in [0.717, 1.165) is 0 Å². The average molecular weight is 330 g/mol. The first-order chi connectivity index (χ1) is 8.95. The standard InChI is InChI=1S/C9H4ClF8NO/c10-2-3-1-4(20-9(16,17)18)19-6(7(11)12)5(3)8(13,14)15/h1,7H,2H2. The van der Waals surface area contributed by atoms with Crippen molar-refractivity contribution in [1.82, 2.24) is 4.98 Å². The Morgan fingerprint density at radius 2 is 1.70 bits per heavy atom. The molecule has 0 bridgehead atoms. The molecule has 0 aromatic carbocycles. The van der Waals surface area contributed by atoms with Gasteiger partial charge in [0.25, 0.3) is 6.43 Å². The monoisotopic (exact) mass is 329 g/mol. The van der Waals surface area contributed by atoms with Gasteiger partial charge in [0.15, 0.2) is 0 Å². The van der Waals surface area contributed by atoms with Gasteiger partial charge in [0.1, 0.15) is 5.69 Å². The van der Waals surface area contributed by atoms with Gasteiger partial charge in [-0.15, -0.1) is 24.8 Å². The van der Waals surface area contributed by atoms with Gasteiger partial charge >= 0.3 is 12.5 Å². The lowest BCUT2D eigenvalue weighted by Gasteiger charge is -2.17. The van der Waals surface area contributed by atoms with Crippen LogP contribution < -0.4 is 4.74 Å². The Morgan fingerprint density at radius 1 is 1.15 bits per heavy atom. The predicted octanol–water partition coefficient (Wildman–Crippen LogP) is 4.68. The van der Waals surface area contributed by atoms with Crippen LogP contribution in [-0.2, 0) is 12.1 Å². The second-order valence-electron chi connectivity index (χ2n) is 3.36. The van der Waals surface area contributed by atoms with Crippen molar-refractivity contribution in [2.75, 3.05) is 0 Å².